The lowest BCUT2D eigenvalue weighted by Gasteiger charge is -2.33. The van der Waals surface area contributed by atoms with Crippen LogP contribution in [0.15, 0.2) is 54.9 Å². The molecule has 0 atom stereocenters. The first-order valence-corrected chi connectivity index (χ1v) is 11.4. The Morgan fingerprint density at radius 1 is 1.15 bits per heavy atom. The van der Waals surface area contributed by atoms with Crippen molar-refractivity contribution in [3.05, 3.63) is 83.1 Å². The van der Waals surface area contributed by atoms with Gasteiger partial charge in [0, 0.05) is 42.3 Å². The molecule has 0 unspecified atom stereocenters. The van der Waals surface area contributed by atoms with Crippen LogP contribution in [0.2, 0.25) is 0 Å². The van der Waals surface area contributed by atoms with Crippen molar-refractivity contribution in [2.24, 2.45) is 7.05 Å². The van der Waals surface area contributed by atoms with Crippen LogP contribution in [0.25, 0.3) is 22.0 Å². The fourth-order valence-electron chi connectivity index (χ4n) is 5.17. The smallest absolute Gasteiger partial charge is 0.255 e. The van der Waals surface area contributed by atoms with Crippen LogP contribution in [0.1, 0.15) is 45.9 Å². The van der Waals surface area contributed by atoms with Gasteiger partial charge in [0.2, 0.25) is 0 Å². The average molecular weight is 436 g/mol. The molecule has 33 heavy (non-hydrogen) atoms. The SMILES string of the molecule is BC1(B)c2ncccc2C(=O)N1Cc1c(F)cc(-c2cccc3nn(C)cc23)cc1C1CC1. The Balaban J connectivity index is 1.45. The molecule has 0 bridgehead atoms. The minimum absolute atomic E-state index is 0.0894. The summed E-state index contributed by atoms with van der Waals surface area (Å²) in [5, 5.41) is 4.90. The predicted molar refractivity (Wildman–Crippen MR) is 131 cm³/mol. The number of hydrogen-bond acceptors (Lipinski definition) is 3. The van der Waals surface area contributed by atoms with Crippen molar-refractivity contribution in [3.8, 4) is 11.1 Å². The summed E-state index contributed by atoms with van der Waals surface area (Å²) in [5.74, 6) is -0.0138. The van der Waals surface area contributed by atoms with Gasteiger partial charge in [0.25, 0.3) is 5.91 Å². The quantitative estimate of drug-likeness (QED) is 0.463. The van der Waals surface area contributed by atoms with Crippen LogP contribution in [-0.4, -0.2) is 41.3 Å². The minimum atomic E-state index is -0.596. The second kappa shape index (κ2) is 7.04. The molecule has 3 heterocycles. The molecule has 0 spiro atoms. The maximum Gasteiger partial charge on any atom is 0.255 e. The van der Waals surface area contributed by atoms with E-state index in [0.717, 1.165) is 46.1 Å². The Morgan fingerprint density at radius 3 is 2.70 bits per heavy atom. The lowest BCUT2D eigenvalue weighted by atomic mass is 9.59. The van der Waals surface area contributed by atoms with E-state index in [1.54, 1.807) is 27.9 Å². The molecule has 1 fully saturated rings. The fraction of sp³-hybridized carbons (Fsp3) is 0.240. The van der Waals surface area contributed by atoms with Gasteiger partial charge in [-0.15, -0.1) is 0 Å². The van der Waals surface area contributed by atoms with Gasteiger partial charge >= 0.3 is 0 Å². The zero-order chi connectivity index (χ0) is 22.9. The van der Waals surface area contributed by atoms with Gasteiger partial charge in [-0.1, -0.05) is 18.2 Å². The molecule has 6 rings (SSSR count). The van der Waals surface area contributed by atoms with Crippen molar-refractivity contribution in [1.29, 1.82) is 0 Å². The summed E-state index contributed by atoms with van der Waals surface area (Å²) < 4.78 is 17.6. The number of aromatic nitrogens is 3. The zero-order valence-electron chi connectivity index (χ0n) is 19.0. The van der Waals surface area contributed by atoms with E-state index in [2.05, 4.69) is 16.1 Å². The number of benzene rings is 2. The first-order valence-electron chi connectivity index (χ1n) is 11.4. The molecule has 1 saturated carbocycles. The van der Waals surface area contributed by atoms with Crippen molar-refractivity contribution in [1.82, 2.24) is 19.7 Å². The summed E-state index contributed by atoms with van der Waals surface area (Å²) >= 11 is 0. The van der Waals surface area contributed by atoms with Gasteiger partial charge in [-0.3, -0.25) is 14.5 Å². The largest absolute Gasteiger partial charge is 0.339 e. The highest BCUT2D eigenvalue weighted by atomic mass is 19.1. The van der Waals surface area contributed by atoms with E-state index in [1.165, 1.54) is 0 Å². The number of halogens is 1. The van der Waals surface area contributed by atoms with E-state index in [9.17, 15) is 4.79 Å². The van der Waals surface area contributed by atoms with Crippen LogP contribution < -0.4 is 0 Å². The third kappa shape index (κ3) is 3.11. The predicted octanol–water partition coefficient (Wildman–Crippen LogP) is 2.68. The van der Waals surface area contributed by atoms with E-state index in [-0.39, 0.29) is 18.3 Å². The molecule has 162 valence electrons. The van der Waals surface area contributed by atoms with Gasteiger partial charge < -0.3 is 4.90 Å². The lowest BCUT2D eigenvalue weighted by molar-refractivity contribution is 0.0729. The Kier molecular flexibility index (Phi) is 4.31. The van der Waals surface area contributed by atoms with Gasteiger partial charge in [0.05, 0.1) is 16.8 Å². The highest BCUT2D eigenvalue weighted by Crippen LogP contribution is 2.45. The summed E-state index contributed by atoms with van der Waals surface area (Å²) in [6, 6.07) is 13.3. The monoisotopic (exact) mass is 436 g/mol. The van der Waals surface area contributed by atoms with E-state index >= 15 is 4.39 Å². The molecule has 1 amide bonds. The summed E-state index contributed by atoms with van der Waals surface area (Å²) in [6.45, 7) is 0.233. The number of amides is 1. The van der Waals surface area contributed by atoms with E-state index in [1.807, 2.05) is 53.2 Å². The van der Waals surface area contributed by atoms with E-state index in [0.29, 0.717) is 17.0 Å². The van der Waals surface area contributed by atoms with Crippen LogP contribution >= 0.6 is 0 Å². The zero-order valence-corrected chi connectivity index (χ0v) is 19.0. The second-order valence-electron chi connectivity index (χ2n) is 9.69. The Labute approximate surface area is 193 Å². The topological polar surface area (TPSA) is 51.0 Å². The van der Waals surface area contributed by atoms with Gasteiger partial charge in [-0.25, -0.2) is 4.39 Å². The lowest BCUT2D eigenvalue weighted by Crippen LogP contribution is -2.45. The van der Waals surface area contributed by atoms with Crippen LogP contribution in [0.3, 0.4) is 0 Å². The number of pyridine rings is 1. The van der Waals surface area contributed by atoms with Gasteiger partial charge in [-0.05, 0) is 59.7 Å². The van der Waals surface area contributed by atoms with Gasteiger partial charge in [-0.2, -0.15) is 5.10 Å². The summed E-state index contributed by atoms with van der Waals surface area (Å²) in [4.78, 5) is 19.4. The van der Waals surface area contributed by atoms with Crippen LogP contribution in [0.5, 0.6) is 0 Å². The number of hydrogen-bond donors (Lipinski definition) is 0. The number of aryl methyl sites for hydroxylation is 1. The third-order valence-corrected chi connectivity index (χ3v) is 7.08. The Bertz CT molecular complexity index is 1440. The van der Waals surface area contributed by atoms with Crippen molar-refractivity contribution in [3.63, 3.8) is 0 Å². The Morgan fingerprint density at radius 2 is 1.94 bits per heavy atom. The molecule has 0 N–H and O–H groups in total. The van der Waals surface area contributed by atoms with Crippen molar-refractivity contribution in [2.75, 3.05) is 0 Å². The molecule has 1 aliphatic carbocycles. The van der Waals surface area contributed by atoms with Crippen molar-refractivity contribution >= 4 is 32.5 Å². The number of nitrogens with zero attached hydrogens (tertiary/aromatic N) is 4. The van der Waals surface area contributed by atoms with Gasteiger partial charge in [0.15, 0.2) is 0 Å². The van der Waals surface area contributed by atoms with Gasteiger partial charge in [0.1, 0.15) is 21.5 Å². The Hall–Kier alpha value is -3.41. The summed E-state index contributed by atoms with van der Waals surface area (Å²) in [7, 11) is 5.86. The maximum absolute atomic E-state index is 15.8. The first-order chi connectivity index (χ1) is 15.8. The molecule has 2 aromatic heterocycles. The molecule has 1 aliphatic heterocycles. The molecular formula is C25H23B2FN4O. The van der Waals surface area contributed by atoms with Crippen LogP contribution in [0, 0.1) is 5.82 Å². The average Bonchev–Trinajstić information content (AvgIpc) is 3.53. The normalized spacial score (nSPS) is 17.0. The molecular weight excluding hydrogens is 413 g/mol. The molecule has 2 aromatic carbocycles. The highest BCUT2D eigenvalue weighted by molar-refractivity contribution is 6.42. The number of fused-ring (bicyclic) bond motifs is 2. The number of carbonyl (C=O) groups is 1. The molecule has 0 radical (unpaired) electrons. The number of rotatable bonds is 4. The highest BCUT2D eigenvalue weighted by Gasteiger charge is 2.44. The fourth-order valence-corrected chi connectivity index (χ4v) is 5.17. The first kappa shape index (κ1) is 20.2. The standard InChI is InChI=1S/C25H23B2FN4O/c1-31-12-20-16(4-2-6-22(20)30-31)15-10-18(14-7-8-14)19(21(28)11-15)13-32-24(33)17-5-3-9-29-23(17)25(32,26)27/h2-6,9-12,14H,7-8,13,26-27H2,1H3. The van der Waals surface area contributed by atoms with Crippen molar-refractivity contribution < 1.29 is 9.18 Å². The molecule has 8 heteroatoms. The molecule has 2 aliphatic rings. The van der Waals surface area contributed by atoms with Crippen LogP contribution in [-0.2, 0) is 18.9 Å². The second-order valence-corrected chi connectivity index (χ2v) is 9.69. The molecule has 0 saturated heterocycles. The minimum Gasteiger partial charge on any atom is -0.339 e. The third-order valence-electron chi connectivity index (χ3n) is 7.08. The summed E-state index contributed by atoms with van der Waals surface area (Å²) in [6.07, 6.45) is 5.78. The van der Waals surface area contributed by atoms with Crippen molar-refractivity contribution in [2.45, 2.75) is 30.6 Å². The van der Waals surface area contributed by atoms with E-state index < -0.39 is 5.34 Å². The molecule has 4 aromatic rings. The maximum atomic E-state index is 15.8. The molecule has 5 nitrogen and oxygen atoms in total. The van der Waals surface area contributed by atoms with E-state index in [4.69, 9.17) is 0 Å². The van der Waals surface area contributed by atoms with Crippen LogP contribution in [0.4, 0.5) is 4.39 Å². The summed E-state index contributed by atoms with van der Waals surface area (Å²) in [5.41, 5.74) is 5.71. The number of carbonyl (C=O) groups excluding carboxylic acids is 1.